The quantitative estimate of drug-likeness (QED) is 0.771. The molecule has 3 rings (SSSR count). The number of carbonyl (C=O) groups is 1. The number of carbonyl (C=O) groups excluding carboxylic acids is 1. The van der Waals surface area contributed by atoms with E-state index in [1.54, 1.807) is 0 Å². The highest BCUT2D eigenvalue weighted by molar-refractivity contribution is 8.17. The van der Waals surface area contributed by atoms with Crippen molar-refractivity contribution in [2.45, 2.75) is 52.1 Å². The van der Waals surface area contributed by atoms with E-state index in [4.69, 9.17) is 4.74 Å². The Morgan fingerprint density at radius 3 is 2.74 bits per heavy atom. The molecule has 128 valence electrons. The van der Waals surface area contributed by atoms with Crippen LogP contribution in [0.1, 0.15) is 46.5 Å². The first-order chi connectivity index (χ1) is 10.9. The molecule has 0 bridgehead atoms. The molecule has 0 aliphatic carbocycles. The average molecular weight is 337 g/mol. The third kappa shape index (κ3) is 4.43. The van der Waals surface area contributed by atoms with Crippen LogP contribution in [0, 0.1) is 5.92 Å². The van der Waals surface area contributed by atoms with Gasteiger partial charge in [-0.1, -0.05) is 11.8 Å². The van der Waals surface area contributed by atoms with Crippen molar-refractivity contribution in [2.24, 2.45) is 10.9 Å². The second kappa shape index (κ2) is 6.75. The summed E-state index contributed by atoms with van der Waals surface area (Å²) in [4.78, 5) is 22.3. The summed E-state index contributed by atoms with van der Waals surface area (Å²) in [5.74, 6) is 0.661. The summed E-state index contributed by atoms with van der Waals surface area (Å²) in [6.07, 6.45) is 6.50. The number of aliphatic imine (C=N–C) groups is 1. The van der Waals surface area contributed by atoms with Crippen LogP contribution in [0.3, 0.4) is 0 Å². The number of likely N-dealkylation sites (tertiary alicyclic amines) is 1. The SMILES string of the molecule is CC(C)(C)OC(=O)N1CCC(CC2=CN3CCCN=C3S2)CC1. The molecule has 0 aromatic heterocycles. The maximum atomic E-state index is 12.1. The Morgan fingerprint density at radius 2 is 2.09 bits per heavy atom. The molecule has 0 unspecified atom stereocenters. The molecule has 1 fully saturated rings. The molecule has 0 atom stereocenters. The number of rotatable bonds is 2. The molecular formula is C17H27N3O2S. The van der Waals surface area contributed by atoms with E-state index in [-0.39, 0.29) is 6.09 Å². The van der Waals surface area contributed by atoms with E-state index in [0.29, 0.717) is 5.92 Å². The largest absolute Gasteiger partial charge is 0.444 e. The lowest BCUT2D eigenvalue weighted by atomic mass is 9.93. The van der Waals surface area contributed by atoms with Gasteiger partial charge in [-0.15, -0.1) is 0 Å². The van der Waals surface area contributed by atoms with Gasteiger partial charge in [-0.25, -0.2) is 4.79 Å². The third-order valence-corrected chi connectivity index (χ3v) is 5.41. The lowest BCUT2D eigenvalue weighted by Gasteiger charge is -2.33. The van der Waals surface area contributed by atoms with E-state index in [9.17, 15) is 4.79 Å². The minimum Gasteiger partial charge on any atom is -0.444 e. The summed E-state index contributed by atoms with van der Waals surface area (Å²) in [5.41, 5.74) is -0.412. The van der Waals surface area contributed by atoms with Crippen LogP contribution in [0.25, 0.3) is 0 Å². The van der Waals surface area contributed by atoms with Crippen molar-refractivity contribution < 1.29 is 9.53 Å². The molecule has 0 saturated carbocycles. The highest BCUT2D eigenvalue weighted by Gasteiger charge is 2.29. The van der Waals surface area contributed by atoms with E-state index >= 15 is 0 Å². The van der Waals surface area contributed by atoms with Crippen LogP contribution in [0.5, 0.6) is 0 Å². The van der Waals surface area contributed by atoms with Gasteiger partial charge in [0.25, 0.3) is 0 Å². The van der Waals surface area contributed by atoms with Crippen LogP contribution < -0.4 is 0 Å². The molecule has 5 nitrogen and oxygen atoms in total. The van der Waals surface area contributed by atoms with Gasteiger partial charge < -0.3 is 14.5 Å². The maximum absolute atomic E-state index is 12.1. The zero-order chi connectivity index (χ0) is 16.4. The third-order valence-electron chi connectivity index (χ3n) is 4.33. The van der Waals surface area contributed by atoms with Gasteiger partial charge in [0.2, 0.25) is 0 Å². The normalized spacial score (nSPS) is 22.6. The minimum atomic E-state index is -0.412. The zero-order valence-electron chi connectivity index (χ0n) is 14.4. The summed E-state index contributed by atoms with van der Waals surface area (Å²) in [5, 5.41) is 1.18. The standard InChI is InChI=1S/C17H27N3O2S/c1-17(2,3)22-16(21)19-9-5-13(6-10-19)11-14-12-20-8-4-7-18-15(20)23-14/h12-13H,4-11H2,1-3H3. The van der Waals surface area contributed by atoms with Crippen molar-refractivity contribution in [3.63, 3.8) is 0 Å². The molecular weight excluding hydrogens is 310 g/mol. The van der Waals surface area contributed by atoms with Crippen LogP contribution in [0.15, 0.2) is 16.1 Å². The molecule has 0 aromatic rings. The lowest BCUT2D eigenvalue weighted by Crippen LogP contribution is -2.41. The van der Waals surface area contributed by atoms with Gasteiger partial charge in [0.05, 0.1) is 0 Å². The number of amidine groups is 1. The minimum absolute atomic E-state index is 0.170. The van der Waals surface area contributed by atoms with E-state index in [0.717, 1.165) is 51.9 Å². The molecule has 1 amide bonds. The molecule has 0 N–H and O–H groups in total. The van der Waals surface area contributed by atoms with Crippen LogP contribution in [0.4, 0.5) is 4.79 Å². The summed E-state index contributed by atoms with van der Waals surface area (Å²) in [6.45, 7) is 9.43. The van der Waals surface area contributed by atoms with Crippen LogP contribution >= 0.6 is 11.8 Å². The topological polar surface area (TPSA) is 45.1 Å². The highest BCUT2D eigenvalue weighted by atomic mass is 32.2. The first kappa shape index (κ1) is 16.7. The number of ether oxygens (including phenoxy) is 1. The predicted molar refractivity (Wildman–Crippen MR) is 94.4 cm³/mol. The number of hydrogen-bond donors (Lipinski definition) is 0. The van der Waals surface area contributed by atoms with E-state index < -0.39 is 5.60 Å². The molecule has 3 aliphatic heterocycles. The number of fused-ring (bicyclic) bond motifs is 1. The fourth-order valence-electron chi connectivity index (χ4n) is 3.16. The molecule has 0 aromatic carbocycles. The number of nitrogens with zero attached hydrogens (tertiary/aromatic N) is 3. The summed E-state index contributed by atoms with van der Waals surface area (Å²) in [6, 6.07) is 0. The maximum Gasteiger partial charge on any atom is 0.410 e. The van der Waals surface area contributed by atoms with Gasteiger partial charge in [-0.2, -0.15) is 0 Å². The molecule has 6 heteroatoms. The number of allylic oxidation sites excluding steroid dienone is 1. The van der Waals surface area contributed by atoms with Gasteiger partial charge in [-0.3, -0.25) is 4.99 Å². The van der Waals surface area contributed by atoms with Gasteiger partial charge >= 0.3 is 6.09 Å². The first-order valence-corrected chi connectivity index (χ1v) is 9.40. The van der Waals surface area contributed by atoms with Crippen molar-refractivity contribution in [2.75, 3.05) is 26.2 Å². The summed E-state index contributed by atoms with van der Waals surface area (Å²) in [7, 11) is 0. The number of piperidine rings is 1. The molecule has 3 heterocycles. The van der Waals surface area contributed by atoms with E-state index in [1.165, 1.54) is 10.1 Å². The molecule has 0 radical (unpaired) electrons. The number of amides is 1. The highest BCUT2D eigenvalue weighted by Crippen LogP contribution is 2.37. The predicted octanol–water partition coefficient (Wildman–Crippen LogP) is 3.67. The van der Waals surface area contributed by atoms with Crippen LogP contribution in [-0.4, -0.2) is 52.8 Å². The Kier molecular flexibility index (Phi) is 4.90. The van der Waals surface area contributed by atoms with E-state index in [1.807, 2.05) is 37.4 Å². The van der Waals surface area contributed by atoms with Gasteiger partial charge in [0.1, 0.15) is 5.60 Å². The smallest absolute Gasteiger partial charge is 0.410 e. The average Bonchev–Trinajstić information content (AvgIpc) is 2.88. The lowest BCUT2D eigenvalue weighted by molar-refractivity contribution is 0.0185. The van der Waals surface area contributed by atoms with Crippen LogP contribution in [-0.2, 0) is 4.74 Å². The van der Waals surface area contributed by atoms with Gasteiger partial charge in [-0.05, 0) is 52.4 Å². The Morgan fingerprint density at radius 1 is 1.35 bits per heavy atom. The molecule has 3 aliphatic rings. The number of hydrogen-bond acceptors (Lipinski definition) is 5. The monoisotopic (exact) mass is 337 g/mol. The van der Waals surface area contributed by atoms with E-state index in [2.05, 4.69) is 16.1 Å². The second-order valence-corrected chi connectivity index (χ2v) is 8.62. The van der Waals surface area contributed by atoms with Crippen molar-refractivity contribution in [1.82, 2.24) is 9.80 Å². The van der Waals surface area contributed by atoms with Crippen molar-refractivity contribution in [1.29, 1.82) is 0 Å². The Balaban J connectivity index is 1.46. The molecule has 23 heavy (non-hydrogen) atoms. The molecule has 0 spiro atoms. The van der Waals surface area contributed by atoms with Crippen molar-refractivity contribution >= 4 is 23.0 Å². The van der Waals surface area contributed by atoms with Crippen molar-refractivity contribution in [3.8, 4) is 0 Å². The molecule has 1 saturated heterocycles. The first-order valence-electron chi connectivity index (χ1n) is 8.58. The second-order valence-electron chi connectivity index (χ2n) is 7.52. The Hall–Kier alpha value is -1.17. The number of thioether (sulfide) groups is 1. The van der Waals surface area contributed by atoms with Crippen molar-refractivity contribution in [3.05, 3.63) is 11.1 Å². The summed E-state index contributed by atoms with van der Waals surface area (Å²) >= 11 is 1.84. The summed E-state index contributed by atoms with van der Waals surface area (Å²) < 4.78 is 5.46. The van der Waals surface area contributed by atoms with Gasteiger partial charge in [0.15, 0.2) is 5.17 Å². The Bertz CT molecular complexity index is 516. The van der Waals surface area contributed by atoms with Gasteiger partial charge in [0, 0.05) is 37.3 Å². The fraction of sp³-hybridized carbons (Fsp3) is 0.765. The zero-order valence-corrected chi connectivity index (χ0v) is 15.2. The Labute approximate surface area is 143 Å². The van der Waals surface area contributed by atoms with Crippen LogP contribution in [0.2, 0.25) is 0 Å². The fourth-order valence-corrected chi connectivity index (χ4v) is 4.31.